The Morgan fingerprint density at radius 3 is 2.83 bits per heavy atom. The number of anilines is 1. The maximum atomic E-state index is 13.5. The van der Waals surface area contributed by atoms with Gasteiger partial charge < -0.3 is 0 Å². The van der Waals surface area contributed by atoms with Crippen LogP contribution in [0, 0.1) is 0 Å². The Hall–Kier alpha value is -2.07. The van der Waals surface area contributed by atoms with Gasteiger partial charge in [0.15, 0.2) is 5.13 Å². The number of hydrogen-bond donors (Lipinski definition) is 0. The van der Waals surface area contributed by atoms with Crippen LogP contribution in [0.4, 0.5) is 5.13 Å². The second-order valence-electron chi connectivity index (χ2n) is 6.86. The first-order chi connectivity index (χ1) is 13.8. The maximum absolute atomic E-state index is 13.5. The summed E-state index contributed by atoms with van der Waals surface area (Å²) >= 11 is 7.61. The Bertz CT molecular complexity index is 1150. The van der Waals surface area contributed by atoms with Gasteiger partial charge in [0.2, 0.25) is 15.9 Å². The number of pyridine rings is 1. The molecule has 0 N–H and O–H groups in total. The lowest BCUT2D eigenvalue weighted by atomic mass is 10.2. The summed E-state index contributed by atoms with van der Waals surface area (Å²) in [5, 5.41) is 0.984. The first kappa shape index (κ1) is 20.2. The van der Waals surface area contributed by atoms with Crippen LogP contribution in [0.2, 0.25) is 5.02 Å². The molecule has 0 bridgehead atoms. The molecule has 152 valence electrons. The van der Waals surface area contributed by atoms with Gasteiger partial charge in [0.05, 0.1) is 28.2 Å². The van der Waals surface area contributed by atoms with Crippen LogP contribution < -0.4 is 4.90 Å². The van der Waals surface area contributed by atoms with Crippen LogP contribution in [-0.4, -0.2) is 47.4 Å². The molecule has 1 unspecified atom stereocenters. The molecule has 1 aliphatic rings. The van der Waals surface area contributed by atoms with Gasteiger partial charge in [-0.1, -0.05) is 35.1 Å². The van der Waals surface area contributed by atoms with Crippen molar-refractivity contribution in [3.05, 3.63) is 53.3 Å². The summed E-state index contributed by atoms with van der Waals surface area (Å²) in [6.45, 7) is 0.545. The molecule has 1 atom stereocenters. The molecular weight excluding hydrogens is 432 g/mol. The van der Waals surface area contributed by atoms with E-state index in [2.05, 4.69) is 9.97 Å². The molecule has 1 aliphatic heterocycles. The smallest absolute Gasteiger partial charge is 0.247 e. The standard InChI is InChI=1S/C19H19ClN4O3S2/c1-29(26,27)24-11-5-8-15(24)18(25)23(12-13-6-2-3-10-21-13)19-22-17-14(20)7-4-9-16(17)28-19/h2-4,6-7,9-10,15H,5,8,11-12H2,1H3. The Balaban J connectivity index is 1.75. The molecule has 0 radical (unpaired) electrons. The van der Waals surface area contributed by atoms with Crippen LogP contribution >= 0.6 is 22.9 Å². The quantitative estimate of drug-likeness (QED) is 0.595. The van der Waals surface area contributed by atoms with Crippen molar-refractivity contribution in [2.75, 3.05) is 17.7 Å². The van der Waals surface area contributed by atoms with Gasteiger partial charge in [-0.3, -0.25) is 14.7 Å². The Morgan fingerprint density at radius 2 is 2.14 bits per heavy atom. The third-order valence-electron chi connectivity index (χ3n) is 4.82. The second kappa shape index (κ2) is 7.98. The number of carbonyl (C=O) groups is 1. The molecule has 1 saturated heterocycles. The number of hydrogen-bond acceptors (Lipinski definition) is 6. The van der Waals surface area contributed by atoms with E-state index in [1.54, 1.807) is 18.3 Å². The first-order valence-corrected chi connectivity index (χ1v) is 12.1. The van der Waals surface area contributed by atoms with Gasteiger partial charge in [0, 0.05) is 12.7 Å². The number of halogens is 1. The fourth-order valence-corrected chi connectivity index (χ4v) is 5.86. The highest BCUT2D eigenvalue weighted by Crippen LogP contribution is 2.35. The number of nitrogens with zero attached hydrogens (tertiary/aromatic N) is 4. The molecule has 10 heteroatoms. The van der Waals surface area contributed by atoms with Gasteiger partial charge in [-0.2, -0.15) is 4.31 Å². The van der Waals surface area contributed by atoms with Crippen molar-refractivity contribution < 1.29 is 13.2 Å². The van der Waals surface area contributed by atoms with E-state index in [1.807, 2.05) is 24.3 Å². The van der Waals surface area contributed by atoms with Gasteiger partial charge in [-0.25, -0.2) is 13.4 Å². The summed E-state index contributed by atoms with van der Waals surface area (Å²) in [4.78, 5) is 23.9. The maximum Gasteiger partial charge on any atom is 0.247 e. The predicted molar refractivity (Wildman–Crippen MR) is 115 cm³/mol. The molecule has 0 saturated carbocycles. The number of thiazole rings is 1. The average molecular weight is 451 g/mol. The van der Waals surface area contributed by atoms with E-state index in [0.717, 1.165) is 11.0 Å². The van der Waals surface area contributed by atoms with Gasteiger partial charge >= 0.3 is 0 Å². The Labute approximate surface area is 178 Å². The molecule has 2 aromatic heterocycles. The minimum absolute atomic E-state index is 0.200. The summed E-state index contributed by atoms with van der Waals surface area (Å²) in [7, 11) is -3.48. The van der Waals surface area contributed by atoms with Gasteiger partial charge in [-0.05, 0) is 37.1 Å². The van der Waals surface area contributed by atoms with Gasteiger partial charge in [0.25, 0.3) is 0 Å². The van der Waals surface area contributed by atoms with Gasteiger partial charge in [0.1, 0.15) is 11.6 Å². The number of amides is 1. The molecular formula is C19H19ClN4O3S2. The zero-order chi connectivity index (χ0) is 20.6. The summed E-state index contributed by atoms with van der Waals surface area (Å²) in [6, 6.07) is 10.2. The number of sulfonamides is 1. The molecule has 7 nitrogen and oxygen atoms in total. The fraction of sp³-hybridized carbons (Fsp3) is 0.316. The highest BCUT2D eigenvalue weighted by atomic mass is 35.5. The van der Waals surface area contributed by atoms with Crippen LogP contribution in [-0.2, 0) is 21.4 Å². The van der Waals surface area contributed by atoms with Crippen molar-refractivity contribution in [2.45, 2.75) is 25.4 Å². The summed E-state index contributed by atoms with van der Waals surface area (Å²) in [5.74, 6) is -0.297. The highest BCUT2D eigenvalue weighted by Gasteiger charge is 2.39. The number of fused-ring (bicyclic) bond motifs is 1. The van der Waals surface area contributed by atoms with Crippen molar-refractivity contribution in [3.63, 3.8) is 0 Å². The second-order valence-corrected chi connectivity index (χ2v) is 10.2. The van der Waals surface area contributed by atoms with E-state index in [4.69, 9.17) is 11.6 Å². The lowest BCUT2D eigenvalue weighted by Gasteiger charge is -2.27. The number of benzene rings is 1. The molecule has 29 heavy (non-hydrogen) atoms. The van der Waals surface area contributed by atoms with Crippen molar-refractivity contribution >= 4 is 54.2 Å². The molecule has 0 aliphatic carbocycles. The molecule has 3 aromatic rings. The Morgan fingerprint density at radius 1 is 1.31 bits per heavy atom. The van der Waals surface area contributed by atoms with E-state index >= 15 is 0 Å². The van der Waals surface area contributed by atoms with Crippen LogP contribution in [0.1, 0.15) is 18.5 Å². The van der Waals surface area contributed by atoms with Crippen molar-refractivity contribution in [1.29, 1.82) is 0 Å². The lowest BCUT2D eigenvalue weighted by Crippen LogP contribution is -2.47. The summed E-state index contributed by atoms with van der Waals surface area (Å²) in [5.41, 5.74) is 1.31. The predicted octanol–water partition coefficient (Wildman–Crippen LogP) is 3.30. The minimum Gasteiger partial charge on any atom is -0.281 e. The number of para-hydroxylation sites is 1. The van der Waals surface area contributed by atoms with Crippen molar-refractivity contribution in [2.24, 2.45) is 0 Å². The SMILES string of the molecule is CS(=O)(=O)N1CCCC1C(=O)N(Cc1ccccn1)c1nc2c(Cl)cccc2s1. The van der Waals surface area contributed by atoms with Crippen molar-refractivity contribution in [1.82, 2.24) is 14.3 Å². The van der Waals surface area contributed by atoms with Crippen LogP contribution in [0.5, 0.6) is 0 Å². The van der Waals surface area contributed by atoms with Crippen LogP contribution in [0.25, 0.3) is 10.2 Å². The Kier molecular flexibility index (Phi) is 5.56. The minimum atomic E-state index is -3.48. The third-order valence-corrected chi connectivity index (χ3v) is 7.45. The van der Waals surface area contributed by atoms with Gasteiger partial charge in [-0.15, -0.1) is 0 Å². The molecule has 1 amide bonds. The van der Waals surface area contributed by atoms with E-state index < -0.39 is 16.1 Å². The first-order valence-electron chi connectivity index (χ1n) is 9.08. The van der Waals surface area contributed by atoms with Crippen molar-refractivity contribution in [3.8, 4) is 0 Å². The summed E-state index contributed by atoms with van der Waals surface area (Å²) < 4.78 is 26.5. The zero-order valence-electron chi connectivity index (χ0n) is 15.7. The lowest BCUT2D eigenvalue weighted by molar-refractivity contribution is -0.121. The van der Waals surface area contributed by atoms with Crippen LogP contribution in [0.15, 0.2) is 42.6 Å². The largest absolute Gasteiger partial charge is 0.281 e. The number of rotatable bonds is 5. The number of carbonyl (C=O) groups excluding carboxylic acids is 1. The monoisotopic (exact) mass is 450 g/mol. The van der Waals surface area contributed by atoms with E-state index in [-0.39, 0.29) is 12.5 Å². The summed E-state index contributed by atoms with van der Waals surface area (Å²) in [6.07, 6.45) is 3.92. The topological polar surface area (TPSA) is 83.5 Å². The fourth-order valence-electron chi connectivity index (χ4n) is 3.48. The molecule has 0 spiro atoms. The molecule has 4 rings (SSSR count). The number of aromatic nitrogens is 2. The van der Waals surface area contributed by atoms with E-state index in [0.29, 0.717) is 40.8 Å². The molecule has 1 fully saturated rings. The molecule has 3 heterocycles. The molecule has 1 aromatic carbocycles. The van der Waals surface area contributed by atoms with E-state index in [1.165, 1.54) is 20.5 Å². The third kappa shape index (κ3) is 4.13. The highest BCUT2D eigenvalue weighted by molar-refractivity contribution is 7.88. The zero-order valence-corrected chi connectivity index (χ0v) is 18.0. The average Bonchev–Trinajstić information content (AvgIpc) is 3.34. The van der Waals surface area contributed by atoms with Crippen LogP contribution in [0.3, 0.4) is 0 Å². The normalized spacial score (nSPS) is 17.7. The van der Waals surface area contributed by atoms with E-state index in [9.17, 15) is 13.2 Å².